The van der Waals surface area contributed by atoms with Gasteiger partial charge in [-0.1, -0.05) is 6.07 Å². The van der Waals surface area contributed by atoms with Crippen molar-refractivity contribution in [2.45, 2.75) is 32.2 Å². The van der Waals surface area contributed by atoms with Crippen LogP contribution in [0.4, 0.5) is 0 Å². The summed E-state index contributed by atoms with van der Waals surface area (Å²) in [5, 5.41) is 3.42. The molecular formula is C14H19N3. The summed E-state index contributed by atoms with van der Waals surface area (Å²) in [6.45, 7) is 5.45. The molecule has 3 rings (SSSR count). The Morgan fingerprint density at radius 2 is 2.18 bits per heavy atom. The van der Waals surface area contributed by atoms with Crippen molar-refractivity contribution in [2.75, 3.05) is 13.1 Å². The zero-order chi connectivity index (χ0) is 11.7. The number of aryl methyl sites for hydroxylation is 1. The minimum atomic E-state index is 0.723. The number of nitrogens with one attached hydrogen (secondary N) is 1. The predicted molar refractivity (Wildman–Crippen MR) is 70.3 cm³/mol. The molecule has 0 atom stereocenters. The number of piperidine rings is 1. The van der Waals surface area contributed by atoms with E-state index in [9.17, 15) is 0 Å². The molecule has 0 saturated carbocycles. The van der Waals surface area contributed by atoms with Gasteiger partial charge in [-0.15, -0.1) is 0 Å². The van der Waals surface area contributed by atoms with Gasteiger partial charge in [0, 0.05) is 6.54 Å². The van der Waals surface area contributed by atoms with E-state index in [2.05, 4.69) is 40.0 Å². The van der Waals surface area contributed by atoms with Gasteiger partial charge in [0.05, 0.1) is 17.4 Å². The van der Waals surface area contributed by atoms with Crippen molar-refractivity contribution >= 4 is 11.0 Å². The maximum atomic E-state index is 4.43. The van der Waals surface area contributed by atoms with Crippen LogP contribution >= 0.6 is 0 Å². The third kappa shape index (κ3) is 1.95. The molecule has 2 aromatic rings. The van der Waals surface area contributed by atoms with Crippen LogP contribution in [0.2, 0.25) is 0 Å². The lowest BCUT2D eigenvalue weighted by atomic mass is 9.90. The smallest absolute Gasteiger partial charge is 0.0958 e. The number of hydrogen-bond donors (Lipinski definition) is 1. The number of fused-ring (bicyclic) bond motifs is 1. The summed E-state index contributed by atoms with van der Waals surface area (Å²) in [5.41, 5.74) is 3.88. The lowest BCUT2D eigenvalue weighted by Crippen LogP contribution is -2.26. The monoisotopic (exact) mass is 229 g/mol. The summed E-state index contributed by atoms with van der Waals surface area (Å²) in [6.07, 6.45) is 4.45. The van der Waals surface area contributed by atoms with Gasteiger partial charge < -0.3 is 9.88 Å². The molecule has 1 fully saturated rings. The minimum Gasteiger partial charge on any atom is -0.331 e. The highest BCUT2D eigenvalue weighted by molar-refractivity contribution is 5.76. The first-order valence-electron chi connectivity index (χ1n) is 6.54. The topological polar surface area (TPSA) is 29.9 Å². The largest absolute Gasteiger partial charge is 0.331 e. The fourth-order valence-corrected chi connectivity index (χ4v) is 2.73. The Morgan fingerprint density at radius 1 is 1.35 bits per heavy atom. The van der Waals surface area contributed by atoms with Crippen molar-refractivity contribution in [1.29, 1.82) is 0 Å². The zero-order valence-corrected chi connectivity index (χ0v) is 10.3. The van der Waals surface area contributed by atoms with Crippen molar-refractivity contribution in [3.8, 4) is 0 Å². The molecule has 90 valence electrons. The van der Waals surface area contributed by atoms with E-state index in [1.807, 2.05) is 6.33 Å². The minimum absolute atomic E-state index is 0.723. The Balaban J connectivity index is 1.99. The molecule has 0 bridgehead atoms. The van der Waals surface area contributed by atoms with Crippen molar-refractivity contribution in [3.05, 3.63) is 30.1 Å². The van der Waals surface area contributed by atoms with Gasteiger partial charge in [0.2, 0.25) is 0 Å². The molecular weight excluding hydrogens is 210 g/mol. The molecule has 1 saturated heterocycles. The van der Waals surface area contributed by atoms with Gasteiger partial charge in [0.25, 0.3) is 0 Å². The normalized spacial score (nSPS) is 17.7. The highest BCUT2D eigenvalue weighted by atomic mass is 15.0. The van der Waals surface area contributed by atoms with Gasteiger partial charge in [0.15, 0.2) is 0 Å². The second-order valence-electron chi connectivity index (χ2n) is 4.80. The van der Waals surface area contributed by atoms with E-state index < -0.39 is 0 Å². The van der Waals surface area contributed by atoms with E-state index in [0.717, 1.165) is 31.1 Å². The molecule has 0 aliphatic carbocycles. The first-order chi connectivity index (χ1) is 8.38. The van der Waals surface area contributed by atoms with Gasteiger partial charge >= 0.3 is 0 Å². The van der Waals surface area contributed by atoms with Gasteiger partial charge in [-0.25, -0.2) is 4.98 Å². The van der Waals surface area contributed by atoms with Gasteiger partial charge in [-0.05, 0) is 56.5 Å². The maximum absolute atomic E-state index is 4.43. The van der Waals surface area contributed by atoms with E-state index >= 15 is 0 Å². The van der Waals surface area contributed by atoms with Crippen molar-refractivity contribution in [2.24, 2.45) is 0 Å². The highest BCUT2D eigenvalue weighted by Crippen LogP contribution is 2.27. The summed E-state index contributed by atoms with van der Waals surface area (Å²) >= 11 is 0. The number of imidazole rings is 1. The van der Waals surface area contributed by atoms with Gasteiger partial charge in [-0.3, -0.25) is 0 Å². The van der Waals surface area contributed by atoms with Crippen LogP contribution in [0.5, 0.6) is 0 Å². The molecule has 0 amide bonds. The van der Waals surface area contributed by atoms with E-state index in [4.69, 9.17) is 0 Å². The number of nitrogens with zero attached hydrogens (tertiary/aromatic N) is 2. The average molecular weight is 229 g/mol. The van der Waals surface area contributed by atoms with Crippen LogP contribution in [0.25, 0.3) is 11.0 Å². The number of rotatable bonds is 2. The predicted octanol–water partition coefficient (Wildman–Crippen LogP) is 2.52. The van der Waals surface area contributed by atoms with Crippen LogP contribution in [-0.4, -0.2) is 22.6 Å². The first-order valence-corrected chi connectivity index (χ1v) is 6.54. The highest BCUT2D eigenvalue weighted by Gasteiger charge is 2.15. The maximum Gasteiger partial charge on any atom is 0.0958 e. The molecule has 3 heteroatoms. The quantitative estimate of drug-likeness (QED) is 0.857. The first kappa shape index (κ1) is 10.8. The molecule has 1 aromatic carbocycles. The van der Waals surface area contributed by atoms with Crippen LogP contribution in [0.15, 0.2) is 24.5 Å². The zero-order valence-electron chi connectivity index (χ0n) is 10.3. The number of benzene rings is 1. The van der Waals surface area contributed by atoms with Crippen molar-refractivity contribution < 1.29 is 0 Å². The lowest BCUT2D eigenvalue weighted by Gasteiger charge is -2.23. The summed E-state index contributed by atoms with van der Waals surface area (Å²) < 4.78 is 2.22. The Bertz CT molecular complexity index is 509. The van der Waals surface area contributed by atoms with E-state index in [1.54, 1.807) is 0 Å². The Morgan fingerprint density at radius 3 is 2.94 bits per heavy atom. The molecule has 0 radical (unpaired) electrons. The molecule has 1 aliphatic rings. The molecule has 1 N–H and O–H groups in total. The fourth-order valence-electron chi connectivity index (χ4n) is 2.73. The fraction of sp³-hybridized carbons (Fsp3) is 0.500. The Hall–Kier alpha value is -1.35. The van der Waals surface area contributed by atoms with Crippen molar-refractivity contribution in [1.82, 2.24) is 14.9 Å². The number of aromatic nitrogens is 2. The van der Waals surface area contributed by atoms with Gasteiger partial charge in [-0.2, -0.15) is 0 Å². The third-order valence-corrected chi connectivity index (χ3v) is 3.80. The molecule has 1 aliphatic heterocycles. The van der Waals surface area contributed by atoms with E-state index in [1.165, 1.54) is 23.9 Å². The summed E-state index contributed by atoms with van der Waals surface area (Å²) in [5.74, 6) is 0.723. The SMILES string of the molecule is CCn1cnc2ccc(C3CCNCC3)cc21. The van der Waals surface area contributed by atoms with Gasteiger partial charge in [0.1, 0.15) is 0 Å². The number of hydrogen-bond acceptors (Lipinski definition) is 2. The Labute approximate surface area is 102 Å². The van der Waals surface area contributed by atoms with Crippen LogP contribution < -0.4 is 5.32 Å². The average Bonchev–Trinajstić information content (AvgIpc) is 2.81. The van der Waals surface area contributed by atoms with Crippen molar-refractivity contribution in [3.63, 3.8) is 0 Å². The summed E-state index contributed by atoms with van der Waals surface area (Å²) in [4.78, 5) is 4.43. The molecule has 0 spiro atoms. The van der Waals surface area contributed by atoms with E-state index in [-0.39, 0.29) is 0 Å². The molecule has 0 unspecified atom stereocenters. The standard InChI is InChI=1S/C14H19N3/c1-2-17-10-16-13-4-3-12(9-14(13)17)11-5-7-15-8-6-11/h3-4,9-11,15H,2,5-8H2,1H3. The molecule has 2 heterocycles. The molecule has 1 aromatic heterocycles. The van der Waals surface area contributed by atoms with E-state index in [0.29, 0.717) is 0 Å². The second kappa shape index (κ2) is 4.49. The van der Waals surface area contributed by atoms with Crippen LogP contribution in [0, 0.1) is 0 Å². The lowest BCUT2D eigenvalue weighted by molar-refractivity contribution is 0.460. The Kier molecular flexibility index (Phi) is 2.85. The van der Waals surface area contributed by atoms with Crippen LogP contribution in [0.3, 0.4) is 0 Å². The van der Waals surface area contributed by atoms with Crippen LogP contribution in [0.1, 0.15) is 31.2 Å². The molecule has 17 heavy (non-hydrogen) atoms. The summed E-state index contributed by atoms with van der Waals surface area (Å²) in [7, 11) is 0. The third-order valence-electron chi connectivity index (χ3n) is 3.80. The van der Waals surface area contributed by atoms with Crippen LogP contribution in [-0.2, 0) is 6.54 Å². The molecule has 3 nitrogen and oxygen atoms in total. The second-order valence-corrected chi connectivity index (χ2v) is 4.80. The summed E-state index contributed by atoms with van der Waals surface area (Å²) in [6, 6.07) is 6.76.